The molecule has 1 aromatic heterocycles. The molecular formula is C14H11Br2NO2S2. The second-order valence-corrected chi connectivity index (χ2v) is 9.45. The Morgan fingerprint density at radius 2 is 2.24 bits per heavy atom. The number of benzene rings is 1. The summed E-state index contributed by atoms with van der Waals surface area (Å²) in [6.07, 6.45) is 0. The Morgan fingerprint density at radius 3 is 3.05 bits per heavy atom. The van der Waals surface area contributed by atoms with Gasteiger partial charge in [0.15, 0.2) is 0 Å². The fourth-order valence-corrected chi connectivity index (χ4v) is 7.00. The van der Waals surface area contributed by atoms with Crippen LogP contribution in [-0.2, 0) is 0 Å². The van der Waals surface area contributed by atoms with Gasteiger partial charge < -0.3 is 9.72 Å². The van der Waals surface area contributed by atoms with Crippen LogP contribution in [0.5, 0.6) is 5.75 Å². The summed E-state index contributed by atoms with van der Waals surface area (Å²) in [6, 6.07) is 4.12. The van der Waals surface area contributed by atoms with E-state index in [2.05, 4.69) is 49.8 Å². The Bertz CT molecular complexity index is 801. The number of hydrogen-bond acceptors (Lipinski definition) is 4. The summed E-state index contributed by atoms with van der Waals surface area (Å²) in [5.41, 5.74) is 1.16. The number of hydrogen-bond donors (Lipinski definition) is 1. The van der Waals surface area contributed by atoms with Crippen LogP contribution in [0.1, 0.15) is 23.3 Å². The van der Waals surface area contributed by atoms with E-state index < -0.39 is 0 Å². The molecule has 1 aromatic carbocycles. The first-order valence-electron chi connectivity index (χ1n) is 6.45. The van der Waals surface area contributed by atoms with Crippen molar-refractivity contribution in [2.45, 2.75) is 17.9 Å². The van der Waals surface area contributed by atoms with Gasteiger partial charge in [-0.15, -0.1) is 11.8 Å². The fourth-order valence-electron chi connectivity index (χ4n) is 3.09. The van der Waals surface area contributed by atoms with Crippen molar-refractivity contribution in [3.63, 3.8) is 0 Å². The third kappa shape index (κ3) is 2.16. The van der Waals surface area contributed by atoms with Crippen LogP contribution in [0.3, 0.4) is 0 Å². The largest absolute Gasteiger partial charge is 0.491 e. The molecule has 110 valence electrons. The molecule has 21 heavy (non-hydrogen) atoms. The standard InChI is InChI=1S/C14H11Br2NO2S2/c1-14-4-19-10-7(2-6(15)3-8(10)16)9(14)11-12(20-5-14)17-13(18)21-11/h2-3,9H,4-5H2,1H3,(H,17,18)/t9-,14+/m1/s1. The highest BCUT2D eigenvalue weighted by Gasteiger charge is 2.47. The fraction of sp³-hybridized carbons (Fsp3) is 0.357. The number of H-pyrrole nitrogens is 1. The van der Waals surface area contributed by atoms with Crippen molar-refractivity contribution in [3.05, 3.63) is 41.2 Å². The number of halogens is 2. The first-order chi connectivity index (χ1) is 9.98. The zero-order chi connectivity index (χ0) is 14.8. The van der Waals surface area contributed by atoms with Crippen LogP contribution in [-0.4, -0.2) is 17.3 Å². The molecule has 0 fully saturated rings. The number of aromatic amines is 1. The van der Waals surface area contributed by atoms with Gasteiger partial charge in [0.25, 0.3) is 0 Å². The predicted octanol–water partition coefficient (Wildman–Crippen LogP) is 4.60. The predicted molar refractivity (Wildman–Crippen MR) is 93.0 cm³/mol. The van der Waals surface area contributed by atoms with Crippen molar-refractivity contribution in [1.29, 1.82) is 0 Å². The molecule has 4 rings (SSSR count). The molecule has 0 saturated heterocycles. The smallest absolute Gasteiger partial charge is 0.305 e. The SMILES string of the molecule is C[C@@]12COc3c(Br)cc(Br)cc3[C@@H]1c1sc(=O)[nH]c1SC2. The number of ether oxygens (including phenoxy) is 1. The molecule has 3 heterocycles. The molecule has 0 radical (unpaired) electrons. The van der Waals surface area contributed by atoms with Crippen LogP contribution in [0.25, 0.3) is 0 Å². The van der Waals surface area contributed by atoms with Crippen LogP contribution < -0.4 is 9.61 Å². The Kier molecular flexibility index (Phi) is 3.33. The highest BCUT2D eigenvalue weighted by Crippen LogP contribution is 2.57. The molecule has 0 bridgehead atoms. The molecule has 0 aliphatic carbocycles. The Labute approximate surface area is 146 Å². The maximum Gasteiger partial charge on any atom is 0.305 e. The first kappa shape index (κ1) is 14.4. The van der Waals surface area contributed by atoms with Gasteiger partial charge in [-0.3, -0.25) is 4.79 Å². The summed E-state index contributed by atoms with van der Waals surface area (Å²) in [4.78, 5) is 15.9. The summed E-state index contributed by atoms with van der Waals surface area (Å²) >= 11 is 10.2. The van der Waals surface area contributed by atoms with Crippen LogP contribution in [0, 0.1) is 5.41 Å². The molecule has 0 saturated carbocycles. The topological polar surface area (TPSA) is 42.1 Å². The second kappa shape index (κ2) is 4.88. The number of nitrogens with one attached hydrogen (secondary N) is 1. The van der Waals surface area contributed by atoms with Crippen molar-refractivity contribution >= 4 is 55.0 Å². The van der Waals surface area contributed by atoms with Gasteiger partial charge in [-0.25, -0.2) is 0 Å². The van der Waals surface area contributed by atoms with Gasteiger partial charge >= 0.3 is 4.87 Å². The molecule has 2 aliphatic heterocycles. The van der Waals surface area contributed by atoms with E-state index in [0.29, 0.717) is 6.61 Å². The lowest BCUT2D eigenvalue weighted by Gasteiger charge is -2.44. The van der Waals surface area contributed by atoms with Crippen molar-refractivity contribution in [1.82, 2.24) is 4.98 Å². The molecule has 2 aromatic rings. The van der Waals surface area contributed by atoms with Crippen molar-refractivity contribution < 1.29 is 4.74 Å². The van der Waals surface area contributed by atoms with Gasteiger partial charge in [0, 0.05) is 32.0 Å². The first-order valence-corrected chi connectivity index (χ1v) is 9.84. The van der Waals surface area contributed by atoms with E-state index in [1.807, 2.05) is 6.07 Å². The lowest BCUT2D eigenvalue weighted by atomic mass is 9.72. The minimum absolute atomic E-state index is 0.00995. The summed E-state index contributed by atoms with van der Waals surface area (Å²) in [5.74, 6) is 2.05. The summed E-state index contributed by atoms with van der Waals surface area (Å²) in [6.45, 7) is 2.92. The minimum atomic E-state index is 0.00995. The molecule has 7 heteroatoms. The van der Waals surface area contributed by atoms with Crippen LogP contribution in [0.4, 0.5) is 0 Å². The molecule has 0 spiro atoms. The Hall–Kier alpha value is -0.240. The Balaban J connectivity index is 2.00. The van der Waals surface area contributed by atoms with Crippen LogP contribution in [0.15, 0.2) is 30.9 Å². The van der Waals surface area contributed by atoms with Gasteiger partial charge in [0.05, 0.1) is 16.1 Å². The van der Waals surface area contributed by atoms with Gasteiger partial charge in [0.1, 0.15) is 5.75 Å². The zero-order valence-corrected chi connectivity index (χ0v) is 15.8. The van der Waals surface area contributed by atoms with Crippen molar-refractivity contribution in [3.8, 4) is 5.75 Å². The Morgan fingerprint density at radius 1 is 1.43 bits per heavy atom. The van der Waals surface area contributed by atoms with Gasteiger partial charge in [-0.05, 0) is 28.1 Å². The van der Waals surface area contributed by atoms with E-state index in [0.717, 1.165) is 35.9 Å². The molecule has 3 nitrogen and oxygen atoms in total. The van der Waals surface area contributed by atoms with Gasteiger partial charge in [-0.2, -0.15) is 0 Å². The molecule has 0 amide bonds. The quantitative estimate of drug-likeness (QED) is 0.640. The van der Waals surface area contributed by atoms with Crippen LogP contribution in [0.2, 0.25) is 0 Å². The summed E-state index contributed by atoms with van der Waals surface area (Å²) in [7, 11) is 0. The molecule has 2 aliphatic rings. The average molecular weight is 449 g/mol. The average Bonchev–Trinajstić information content (AvgIpc) is 2.77. The summed E-state index contributed by atoms with van der Waals surface area (Å²) < 4.78 is 8.01. The molecule has 0 unspecified atom stereocenters. The van der Waals surface area contributed by atoms with Crippen molar-refractivity contribution in [2.75, 3.05) is 12.4 Å². The number of aromatic nitrogens is 1. The monoisotopic (exact) mass is 447 g/mol. The lowest BCUT2D eigenvalue weighted by molar-refractivity contribution is 0.136. The number of thiazole rings is 1. The third-order valence-electron chi connectivity index (χ3n) is 4.04. The number of thioether (sulfide) groups is 1. The number of fused-ring (bicyclic) bond motifs is 5. The van der Waals surface area contributed by atoms with Crippen molar-refractivity contribution in [2.24, 2.45) is 5.41 Å². The highest BCUT2D eigenvalue weighted by molar-refractivity contribution is 9.11. The van der Waals surface area contributed by atoms with E-state index in [-0.39, 0.29) is 16.2 Å². The van der Waals surface area contributed by atoms with E-state index in [4.69, 9.17) is 4.74 Å². The molecule has 2 atom stereocenters. The van der Waals surface area contributed by atoms with E-state index in [9.17, 15) is 4.79 Å². The van der Waals surface area contributed by atoms with Gasteiger partial charge in [0.2, 0.25) is 0 Å². The maximum absolute atomic E-state index is 11.8. The molecular weight excluding hydrogens is 438 g/mol. The third-order valence-corrected chi connectivity index (χ3v) is 7.58. The van der Waals surface area contributed by atoms with E-state index >= 15 is 0 Å². The number of rotatable bonds is 0. The lowest BCUT2D eigenvalue weighted by Crippen LogP contribution is -2.40. The van der Waals surface area contributed by atoms with E-state index in [1.54, 1.807) is 11.8 Å². The maximum atomic E-state index is 11.8. The normalized spacial score (nSPS) is 26.5. The summed E-state index contributed by atoms with van der Waals surface area (Å²) in [5, 5.41) is 1.02. The van der Waals surface area contributed by atoms with E-state index in [1.165, 1.54) is 11.3 Å². The second-order valence-electron chi connectivity index (χ2n) is 5.68. The highest BCUT2D eigenvalue weighted by atomic mass is 79.9. The van der Waals surface area contributed by atoms with Crippen LogP contribution >= 0.6 is 55.0 Å². The van der Waals surface area contributed by atoms with Gasteiger partial charge in [-0.1, -0.05) is 34.2 Å². The zero-order valence-electron chi connectivity index (χ0n) is 11.0. The molecule has 1 N–H and O–H groups in total. The minimum Gasteiger partial charge on any atom is -0.491 e.